The Morgan fingerprint density at radius 2 is 1.55 bits per heavy atom. The first-order valence-corrected chi connectivity index (χ1v) is 14.4. The van der Waals surface area contributed by atoms with Gasteiger partial charge in [0.25, 0.3) is 0 Å². The number of sulfonamides is 1. The highest BCUT2D eigenvalue weighted by Crippen LogP contribution is 2.34. The Labute approximate surface area is 233 Å². The Morgan fingerprint density at radius 1 is 0.850 bits per heavy atom. The number of urea groups is 1. The third-order valence-corrected chi connectivity index (χ3v) is 7.55. The summed E-state index contributed by atoms with van der Waals surface area (Å²) in [6.45, 7) is 8.24. The molecular weight excluding hydrogens is 522 g/mol. The lowest BCUT2D eigenvalue weighted by molar-refractivity contribution is 0.262. The van der Waals surface area contributed by atoms with Crippen LogP contribution in [0.3, 0.4) is 0 Å². The normalized spacial score (nSPS) is 11.9. The maximum absolute atomic E-state index is 13.3. The topological polar surface area (TPSA) is 119 Å². The highest BCUT2D eigenvalue weighted by atomic mass is 32.2. The van der Waals surface area contributed by atoms with E-state index in [9.17, 15) is 13.2 Å². The molecule has 0 bridgehead atoms. The third kappa shape index (κ3) is 5.61. The zero-order chi connectivity index (χ0) is 28.7. The van der Waals surface area contributed by atoms with Crippen LogP contribution in [0, 0.1) is 6.92 Å². The van der Waals surface area contributed by atoms with Crippen LogP contribution in [0.5, 0.6) is 0 Å². The Hall–Kier alpha value is -4.47. The molecule has 40 heavy (non-hydrogen) atoms. The van der Waals surface area contributed by atoms with Crippen molar-refractivity contribution in [2.24, 2.45) is 5.14 Å². The van der Waals surface area contributed by atoms with Crippen LogP contribution in [0.4, 0.5) is 16.3 Å². The van der Waals surface area contributed by atoms with Crippen LogP contribution in [0.15, 0.2) is 95.9 Å². The number of nitrogens with one attached hydrogen (secondary N) is 2. The molecular formula is C31H31N5O3S. The predicted octanol–water partition coefficient (Wildman–Crippen LogP) is 6.59. The minimum Gasteiger partial charge on any atom is -0.307 e. The third-order valence-electron chi connectivity index (χ3n) is 6.64. The molecule has 0 aliphatic rings. The molecule has 0 spiro atoms. The Morgan fingerprint density at radius 3 is 2.23 bits per heavy atom. The molecule has 4 N–H and O–H groups in total. The Kier molecular flexibility index (Phi) is 6.95. The molecule has 4 aromatic carbocycles. The number of primary sulfonamides is 1. The molecule has 9 heteroatoms. The lowest BCUT2D eigenvalue weighted by atomic mass is 9.92. The van der Waals surface area contributed by atoms with Crippen molar-refractivity contribution in [1.29, 1.82) is 0 Å². The van der Waals surface area contributed by atoms with E-state index < -0.39 is 16.1 Å². The van der Waals surface area contributed by atoms with Crippen LogP contribution in [0.2, 0.25) is 0 Å². The van der Waals surface area contributed by atoms with Crippen molar-refractivity contribution in [1.82, 2.24) is 9.78 Å². The lowest BCUT2D eigenvalue weighted by Gasteiger charge is -2.14. The van der Waals surface area contributed by atoms with Crippen molar-refractivity contribution in [2.75, 3.05) is 10.6 Å². The number of carbonyl (C=O) groups excluding carboxylic acids is 1. The summed E-state index contributed by atoms with van der Waals surface area (Å²) >= 11 is 0. The van der Waals surface area contributed by atoms with Gasteiger partial charge in [-0.15, -0.1) is 0 Å². The molecule has 8 nitrogen and oxygen atoms in total. The number of benzene rings is 4. The average Bonchev–Trinajstić information content (AvgIpc) is 3.33. The number of amides is 2. The first-order chi connectivity index (χ1) is 18.9. The lowest BCUT2D eigenvalue weighted by Crippen LogP contribution is -2.21. The van der Waals surface area contributed by atoms with E-state index in [1.807, 2.05) is 73.7 Å². The van der Waals surface area contributed by atoms with Crippen LogP contribution in [0.1, 0.15) is 32.0 Å². The van der Waals surface area contributed by atoms with Gasteiger partial charge in [-0.05, 0) is 53.8 Å². The summed E-state index contributed by atoms with van der Waals surface area (Å²) in [5.41, 5.74) is 4.74. The van der Waals surface area contributed by atoms with Gasteiger partial charge < -0.3 is 5.32 Å². The van der Waals surface area contributed by atoms with Gasteiger partial charge in [-0.3, -0.25) is 5.32 Å². The Bertz CT molecular complexity index is 1840. The van der Waals surface area contributed by atoms with E-state index in [0.717, 1.165) is 33.3 Å². The molecule has 0 radical (unpaired) electrons. The van der Waals surface area contributed by atoms with Crippen molar-refractivity contribution in [2.45, 2.75) is 38.0 Å². The number of nitrogens with zero attached hydrogens (tertiary/aromatic N) is 2. The molecule has 5 rings (SSSR count). The SMILES string of the molecule is Cc1ccc(-n2nc(C(C)(C)C)cc2NC(=O)Nc2ccc(-c3cccc(S(N)(=O)=O)c3)c3ccccc23)cc1. The standard InChI is InChI=1S/C31H31N5O3S/c1-20-12-14-22(15-13-20)36-29(19-28(35-36)31(2,3)4)34-30(37)33-27-17-16-24(25-10-5-6-11-26(25)27)21-8-7-9-23(18-21)40(32,38)39/h5-19H,1-4H3,(H2,32,38,39)(H2,33,34,37). The van der Waals surface area contributed by atoms with Crippen LogP contribution in [0.25, 0.3) is 27.6 Å². The second kappa shape index (κ2) is 10.3. The monoisotopic (exact) mass is 553 g/mol. The van der Waals surface area contributed by atoms with E-state index in [2.05, 4.69) is 31.4 Å². The predicted molar refractivity (Wildman–Crippen MR) is 160 cm³/mol. The molecule has 0 saturated heterocycles. The van der Waals surface area contributed by atoms with Gasteiger partial charge in [-0.1, -0.05) is 80.9 Å². The second-order valence-electron chi connectivity index (χ2n) is 10.8. The largest absolute Gasteiger partial charge is 0.324 e. The zero-order valence-electron chi connectivity index (χ0n) is 22.8. The van der Waals surface area contributed by atoms with E-state index >= 15 is 0 Å². The summed E-state index contributed by atoms with van der Waals surface area (Å²) in [7, 11) is -3.85. The second-order valence-corrected chi connectivity index (χ2v) is 12.3. The number of aryl methyl sites for hydroxylation is 1. The molecule has 0 aliphatic carbocycles. The maximum Gasteiger partial charge on any atom is 0.324 e. The van der Waals surface area contributed by atoms with Crippen molar-refractivity contribution >= 4 is 38.3 Å². The fourth-order valence-electron chi connectivity index (χ4n) is 4.49. The average molecular weight is 554 g/mol. The summed E-state index contributed by atoms with van der Waals surface area (Å²) in [6, 6.07) is 27.2. The summed E-state index contributed by atoms with van der Waals surface area (Å²) in [4.78, 5) is 13.3. The number of nitrogens with two attached hydrogens (primary N) is 1. The highest BCUT2D eigenvalue weighted by molar-refractivity contribution is 7.89. The van der Waals surface area contributed by atoms with Crippen LogP contribution in [-0.2, 0) is 15.4 Å². The fourth-order valence-corrected chi connectivity index (χ4v) is 5.05. The van der Waals surface area contributed by atoms with Crippen molar-refractivity contribution in [3.05, 3.63) is 102 Å². The fraction of sp³-hybridized carbons (Fsp3) is 0.161. The Balaban J connectivity index is 1.48. The van der Waals surface area contributed by atoms with Crippen molar-refractivity contribution in [3.63, 3.8) is 0 Å². The summed E-state index contributed by atoms with van der Waals surface area (Å²) < 4.78 is 25.6. The molecule has 2 amide bonds. The molecule has 0 saturated carbocycles. The first-order valence-electron chi connectivity index (χ1n) is 12.8. The highest BCUT2D eigenvalue weighted by Gasteiger charge is 2.22. The molecule has 204 valence electrons. The minimum absolute atomic E-state index is 0.0375. The van der Waals surface area contributed by atoms with Gasteiger partial charge in [0.2, 0.25) is 10.0 Å². The molecule has 1 heterocycles. The van der Waals surface area contributed by atoms with Crippen LogP contribution >= 0.6 is 0 Å². The van der Waals surface area contributed by atoms with Crippen LogP contribution < -0.4 is 15.8 Å². The number of carbonyl (C=O) groups is 1. The van der Waals surface area contributed by atoms with E-state index in [-0.39, 0.29) is 10.3 Å². The van der Waals surface area contributed by atoms with E-state index in [0.29, 0.717) is 17.1 Å². The van der Waals surface area contributed by atoms with Gasteiger partial charge in [0.05, 0.1) is 22.0 Å². The van der Waals surface area contributed by atoms with Crippen molar-refractivity contribution < 1.29 is 13.2 Å². The number of hydrogen-bond acceptors (Lipinski definition) is 4. The minimum atomic E-state index is -3.85. The van der Waals surface area contributed by atoms with Gasteiger partial charge in [-0.25, -0.2) is 23.0 Å². The van der Waals surface area contributed by atoms with E-state index in [1.165, 1.54) is 6.07 Å². The smallest absolute Gasteiger partial charge is 0.307 e. The van der Waals surface area contributed by atoms with Crippen LogP contribution in [-0.4, -0.2) is 24.2 Å². The summed E-state index contributed by atoms with van der Waals surface area (Å²) in [6.07, 6.45) is 0. The molecule has 0 aliphatic heterocycles. The van der Waals surface area contributed by atoms with Crippen molar-refractivity contribution in [3.8, 4) is 16.8 Å². The molecule has 5 aromatic rings. The number of rotatable bonds is 5. The van der Waals surface area contributed by atoms with Gasteiger partial charge in [-0.2, -0.15) is 5.10 Å². The molecule has 0 atom stereocenters. The number of aromatic nitrogens is 2. The van der Waals surface area contributed by atoms with E-state index in [4.69, 9.17) is 10.2 Å². The number of hydrogen-bond donors (Lipinski definition) is 3. The van der Waals surface area contributed by atoms with Gasteiger partial charge >= 0.3 is 6.03 Å². The summed E-state index contributed by atoms with van der Waals surface area (Å²) in [5, 5.41) is 17.7. The quantitative estimate of drug-likeness (QED) is 0.227. The molecule has 1 aromatic heterocycles. The van der Waals surface area contributed by atoms with Gasteiger partial charge in [0.1, 0.15) is 5.82 Å². The van der Waals surface area contributed by atoms with E-state index in [1.54, 1.807) is 22.9 Å². The molecule has 0 unspecified atom stereocenters. The summed E-state index contributed by atoms with van der Waals surface area (Å²) in [5.74, 6) is 0.548. The number of fused-ring (bicyclic) bond motifs is 1. The first kappa shape index (κ1) is 27.1. The maximum atomic E-state index is 13.3. The number of anilines is 2. The van der Waals surface area contributed by atoms with Gasteiger partial charge in [0, 0.05) is 16.9 Å². The molecule has 0 fully saturated rings. The van der Waals surface area contributed by atoms with Gasteiger partial charge in [0.15, 0.2) is 0 Å². The zero-order valence-corrected chi connectivity index (χ0v) is 23.6.